The number of guanidine groups is 1. The summed E-state index contributed by atoms with van der Waals surface area (Å²) in [6, 6.07) is 14.6. The van der Waals surface area contributed by atoms with Crippen LogP contribution in [0.2, 0.25) is 0 Å². The summed E-state index contributed by atoms with van der Waals surface area (Å²) in [4.78, 5) is 18.7. The van der Waals surface area contributed by atoms with E-state index in [0.29, 0.717) is 25.6 Å². The van der Waals surface area contributed by atoms with Crippen LogP contribution in [0.4, 0.5) is 5.00 Å². The summed E-state index contributed by atoms with van der Waals surface area (Å²) in [7, 11) is 1.77. The number of amides is 1. The lowest BCUT2D eigenvalue weighted by Crippen LogP contribution is -2.49. The number of anilines is 1. The molecule has 1 aliphatic heterocycles. The lowest BCUT2D eigenvalue weighted by Gasteiger charge is -2.33. The Balaban J connectivity index is 1.32. The number of aliphatic imine (C=N–C) groups is 1. The lowest BCUT2D eigenvalue weighted by molar-refractivity contribution is -0.121. The summed E-state index contributed by atoms with van der Waals surface area (Å²) >= 11 is 1.80. The maximum Gasteiger partial charge on any atom is 0.222 e. The van der Waals surface area contributed by atoms with Crippen LogP contribution in [0.1, 0.15) is 24.8 Å². The van der Waals surface area contributed by atoms with Crippen molar-refractivity contribution in [1.82, 2.24) is 16.0 Å². The third kappa shape index (κ3) is 6.27. The molecule has 150 valence electrons. The SMILES string of the molecule is CN=C(NCCC(=O)NCc1ccccc1)NC1CCN(c2cccs2)CC1. The van der Waals surface area contributed by atoms with Gasteiger partial charge in [0.2, 0.25) is 5.91 Å². The Morgan fingerprint density at radius 3 is 2.61 bits per heavy atom. The number of hydrogen-bond acceptors (Lipinski definition) is 4. The van der Waals surface area contributed by atoms with E-state index in [1.165, 1.54) is 5.00 Å². The van der Waals surface area contributed by atoms with E-state index in [4.69, 9.17) is 0 Å². The monoisotopic (exact) mass is 399 g/mol. The van der Waals surface area contributed by atoms with E-state index in [1.54, 1.807) is 18.4 Å². The summed E-state index contributed by atoms with van der Waals surface area (Å²) in [5.74, 6) is 0.807. The molecule has 0 spiro atoms. The molecule has 0 saturated carbocycles. The topological polar surface area (TPSA) is 68.8 Å². The average molecular weight is 400 g/mol. The van der Waals surface area contributed by atoms with E-state index < -0.39 is 0 Å². The summed E-state index contributed by atoms with van der Waals surface area (Å²) < 4.78 is 0. The number of thiophene rings is 1. The number of benzene rings is 1. The minimum atomic E-state index is 0.0380. The average Bonchev–Trinajstić information content (AvgIpc) is 3.27. The zero-order valence-electron chi connectivity index (χ0n) is 16.4. The van der Waals surface area contributed by atoms with Crippen molar-refractivity contribution in [2.24, 2.45) is 4.99 Å². The lowest BCUT2D eigenvalue weighted by atomic mass is 10.1. The molecule has 7 heteroatoms. The predicted octanol–water partition coefficient (Wildman–Crippen LogP) is 2.59. The normalized spacial score (nSPS) is 15.3. The van der Waals surface area contributed by atoms with Crippen LogP contribution in [-0.4, -0.2) is 44.6 Å². The van der Waals surface area contributed by atoms with Crippen molar-refractivity contribution < 1.29 is 4.79 Å². The molecule has 6 nitrogen and oxygen atoms in total. The minimum absolute atomic E-state index is 0.0380. The van der Waals surface area contributed by atoms with Gasteiger partial charge in [0.15, 0.2) is 5.96 Å². The number of nitrogens with one attached hydrogen (secondary N) is 3. The second-order valence-corrected chi connectivity index (χ2v) is 7.79. The van der Waals surface area contributed by atoms with Crippen molar-refractivity contribution in [3.63, 3.8) is 0 Å². The number of rotatable bonds is 7. The number of carbonyl (C=O) groups excluding carboxylic acids is 1. The van der Waals surface area contributed by atoms with Gasteiger partial charge in [-0.1, -0.05) is 30.3 Å². The van der Waals surface area contributed by atoms with E-state index in [0.717, 1.165) is 37.5 Å². The first-order valence-corrected chi connectivity index (χ1v) is 10.7. The molecule has 0 aliphatic carbocycles. The van der Waals surface area contributed by atoms with Crippen LogP contribution in [-0.2, 0) is 11.3 Å². The second kappa shape index (κ2) is 10.7. The molecule has 0 atom stereocenters. The van der Waals surface area contributed by atoms with Crippen molar-refractivity contribution in [2.45, 2.75) is 31.8 Å². The van der Waals surface area contributed by atoms with E-state index >= 15 is 0 Å². The Labute approximate surface area is 171 Å². The Hall–Kier alpha value is -2.54. The highest BCUT2D eigenvalue weighted by Gasteiger charge is 2.20. The largest absolute Gasteiger partial charge is 0.363 e. The van der Waals surface area contributed by atoms with Crippen LogP contribution >= 0.6 is 11.3 Å². The fraction of sp³-hybridized carbons (Fsp3) is 0.429. The van der Waals surface area contributed by atoms with Crippen molar-refractivity contribution in [3.05, 3.63) is 53.4 Å². The maximum absolute atomic E-state index is 12.0. The van der Waals surface area contributed by atoms with Gasteiger partial charge in [-0.3, -0.25) is 9.79 Å². The molecule has 1 saturated heterocycles. The van der Waals surface area contributed by atoms with Crippen LogP contribution in [0.3, 0.4) is 0 Å². The Morgan fingerprint density at radius 1 is 1.14 bits per heavy atom. The molecule has 2 heterocycles. The molecule has 0 radical (unpaired) electrons. The van der Waals surface area contributed by atoms with Gasteiger partial charge in [0, 0.05) is 45.7 Å². The van der Waals surface area contributed by atoms with E-state index in [9.17, 15) is 4.79 Å². The fourth-order valence-corrected chi connectivity index (χ4v) is 4.05. The van der Waals surface area contributed by atoms with Gasteiger partial charge in [0.25, 0.3) is 0 Å². The zero-order valence-corrected chi connectivity index (χ0v) is 17.2. The molecule has 1 aromatic carbocycles. The van der Waals surface area contributed by atoms with Gasteiger partial charge in [0.05, 0.1) is 5.00 Å². The van der Waals surface area contributed by atoms with Gasteiger partial charge >= 0.3 is 0 Å². The molecular weight excluding hydrogens is 370 g/mol. The first-order valence-electron chi connectivity index (χ1n) is 9.81. The zero-order chi connectivity index (χ0) is 19.6. The Morgan fingerprint density at radius 2 is 1.93 bits per heavy atom. The van der Waals surface area contributed by atoms with Crippen molar-refractivity contribution in [3.8, 4) is 0 Å². The molecule has 0 bridgehead atoms. The molecule has 1 fully saturated rings. The van der Waals surface area contributed by atoms with Crippen molar-refractivity contribution >= 4 is 28.2 Å². The van der Waals surface area contributed by atoms with Gasteiger partial charge in [-0.25, -0.2) is 0 Å². The van der Waals surface area contributed by atoms with Crippen LogP contribution in [0.5, 0.6) is 0 Å². The third-order valence-electron chi connectivity index (χ3n) is 4.85. The molecular formula is C21H29N5OS. The first-order chi connectivity index (χ1) is 13.7. The van der Waals surface area contributed by atoms with Gasteiger partial charge in [0.1, 0.15) is 0 Å². The summed E-state index contributed by atoms with van der Waals surface area (Å²) in [5.41, 5.74) is 1.11. The molecule has 1 aliphatic rings. The summed E-state index contributed by atoms with van der Waals surface area (Å²) in [6.45, 7) is 3.23. The van der Waals surface area contributed by atoms with Crippen molar-refractivity contribution in [2.75, 3.05) is 31.6 Å². The van der Waals surface area contributed by atoms with Gasteiger partial charge < -0.3 is 20.9 Å². The first kappa shape index (κ1) is 20.2. The molecule has 28 heavy (non-hydrogen) atoms. The van der Waals surface area contributed by atoms with E-state index in [2.05, 4.69) is 43.4 Å². The summed E-state index contributed by atoms with van der Waals surface area (Å²) in [5, 5.41) is 13.2. The van der Waals surface area contributed by atoms with Crippen molar-refractivity contribution in [1.29, 1.82) is 0 Å². The Bertz CT molecular complexity index is 739. The van der Waals surface area contributed by atoms with Crippen LogP contribution in [0, 0.1) is 0 Å². The molecule has 1 amide bonds. The van der Waals surface area contributed by atoms with Crippen LogP contribution < -0.4 is 20.9 Å². The quantitative estimate of drug-likeness (QED) is 0.494. The third-order valence-corrected chi connectivity index (χ3v) is 5.78. The number of piperidine rings is 1. The summed E-state index contributed by atoms with van der Waals surface area (Å²) in [6.07, 6.45) is 2.58. The predicted molar refractivity (Wildman–Crippen MR) is 117 cm³/mol. The standard InChI is InChI=1S/C21H29N5OS/c1-22-21(23-12-9-19(27)24-16-17-6-3-2-4-7-17)25-18-10-13-26(14-11-18)20-8-5-15-28-20/h2-8,15,18H,9-14,16H2,1H3,(H,24,27)(H2,22,23,25). The number of carbonyl (C=O) groups is 1. The molecule has 2 aromatic rings. The minimum Gasteiger partial charge on any atom is -0.363 e. The smallest absolute Gasteiger partial charge is 0.222 e. The van der Waals surface area contributed by atoms with Gasteiger partial charge in [-0.15, -0.1) is 11.3 Å². The Kier molecular flexibility index (Phi) is 7.72. The van der Waals surface area contributed by atoms with E-state index in [-0.39, 0.29) is 5.91 Å². The molecule has 3 rings (SSSR count). The highest BCUT2D eigenvalue weighted by molar-refractivity contribution is 7.14. The van der Waals surface area contributed by atoms with Crippen LogP contribution in [0.15, 0.2) is 52.8 Å². The molecule has 0 unspecified atom stereocenters. The van der Waals surface area contributed by atoms with Crippen LogP contribution in [0.25, 0.3) is 0 Å². The molecule has 3 N–H and O–H groups in total. The van der Waals surface area contributed by atoms with E-state index in [1.807, 2.05) is 30.3 Å². The molecule has 1 aromatic heterocycles. The maximum atomic E-state index is 12.0. The van der Waals surface area contributed by atoms with Gasteiger partial charge in [-0.2, -0.15) is 0 Å². The highest BCUT2D eigenvalue weighted by atomic mass is 32.1. The van der Waals surface area contributed by atoms with Gasteiger partial charge in [-0.05, 0) is 35.9 Å². The number of hydrogen-bond donors (Lipinski definition) is 3. The highest BCUT2D eigenvalue weighted by Crippen LogP contribution is 2.24. The fourth-order valence-electron chi connectivity index (χ4n) is 3.26. The second-order valence-electron chi connectivity index (χ2n) is 6.87. The number of nitrogens with zero attached hydrogens (tertiary/aromatic N) is 2.